The van der Waals surface area contributed by atoms with Gasteiger partial charge >= 0.3 is 0 Å². The molecule has 0 bridgehead atoms. The van der Waals surface area contributed by atoms with Crippen molar-refractivity contribution in [2.75, 3.05) is 45.3 Å². The van der Waals surface area contributed by atoms with Crippen LogP contribution in [0.15, 0.2) is 12.0 Å². The number of amides is 1. The molecule has 46 heavy (non-hydrogen) atoms. The Morgan fingerprint density at radius 1 is 1.02 bits per heavy atom. The molecule has 8 aliphatic rings. The van der Waals surface area contributed by atoms with Gasteiger partial charge in [-0.2, -0.15) is 5.01 Å². The number of quaternary nitrogens is 1. The lowest BCUT2D eigenvalue weighted by molar-refractivity contribution is -0.431. The number of primary amides is 1. The van der Waals surface area contributed by atoms with Crippen LogP contribution >= 0.6 is 11.8 Å². The van der Waals surface area contributed by atoms with E-state index in [9.17, 15) is 9.59 Å². The van der Waals surface area contributed by atoms with Crippen LogP contribution < -0.4 is 43.5 Å². The number of ketones is 1. The number of ether oxygens (including phenoxy) is 2. The van der Waals surface area contributed by atoms with Crippen LogP contribution in [-0.4, -0.2) is 121 Å². The highest BCUT2D eigenvalue weighted by molar-refractivity contribution is 8.01. The van der Waals surface area contributed by atoms with Gasteiger partial charge in [-0.3, -0.25) is 30.9 Å². The summed E-state index contributed by atoms with van der Waals surface area (Å²) in [6.07, 6.45) is 8.85. The molecule has 6 aliphatic heterocycles. The summed E-state index contributed by atoms with van der Waals surface area (Å²) >= 11 is 1.79. The van der Waals surface area contributed by atoms with Crippen molar-refractivity contribution in [2.45, 2.75) is 99.1 Å². The van der Waals surface area contributed by atoms with E-state index in [1.165, 1.54) is 12.8 Å². The molecule has 0 aromatic rings. The van der Waals surface area contributed by atoms with Crippen molar-refractivity contribution in [3.8, 4) is 0 Å². The van der Waals surface area contributed by atoms with E-state index < -0.39 is 5.92 Å². The first-order valence-corrected chi connectivity index (χ1v) is 18.8. The number of carbonyl (C=O) groups excluding carboxylic acids is 2. The quantitative estimate of drug-likeness (QED) is 0.142. The Kier molecular flexibility index (Phi) is 9.25. The van der Waals surface area contributed by atoms with Gasteiger partial charge in [-0.05, 0) is 50.5 Å². The van der Waals surface area contributed by atoms with Gasteiger partial charge in [0.2, 0.25) is 5.91 Å². The van der Waals surface area contributed by atoms with Gasteiger partial charge in [0.15, 0.2) is 11.7 Å². The molecule has 8 rings (SSSR count). The number of nitrogens with one attached hydrogen (secondary N) is 6. The number of fused-ring (bicyclic) bond motifs is 3. The molecule has 2 aliphatic carbocycles. The number of morpholine rings is 1. The third-order valence-corrected chi connectivity index (χ3v) is 13.6. The second-order valence-corrected chi connectivity index (χ2v) is 15.8. The summed E-state index contributed by atoms with van der Waals surface area (Å²) in [6.45, 7) is 4.42. The Morgan fingerprint density at radius 2 is 1.87 bits per heavy atom. The van der Waals surface area contributed by atoms with E-state index in [2.05, 4.69) is 47.7 Å². The van der Waals surface area contributed by atoms with Crippen molar-refractivity contribution in [1.82, 2.24) is 41.9 Å². The molecule has 0 aromatic heterocycles. The van der Waals surface area contributed by atoms with Crippen LogP contribution in [0.3, 0.4) is 0 Å². The second-order valence-electron chi connectivity index (χ2n) is 14.6. The van der Waals surface area contributed by atoms with Gasteiger partial charge in [0, 0.05) is 49.3 Å². The predicted molar refractivity (Wildman–Crippen MR) is 172 cm³/mol. The van der Waals surface area contributed by atoms with E-state index in [0.717, 1.165) is 63.4 Å². The number of hydrogen-bond donors (Lipinski definition) is 8. The average molecular weight is 662 g/mol. The molecule has 0 radical (unpaired) electrons. The smallest absolute Gasteiger partial charge is 0.226 e. The lowest BCUT2D eigenvalue weighted by Crippen LogP contribution is -2.79. The molecule has 6 heterocycles. The lowest BCUT2D eigenvalue weighted by Gasteiger charge is -2.50. The average Bonchev–Trinajstić information content (AvgIpc) is 3.83. The Bertz CT molecular complexity index is 1180. The highest BCUT2D eigenvalue weighted by Gasteiger charge is 2.55. The first-order chi connectivity index (χ1) is 22.5. The number of nitrogens with zero attached hydrogens (tertiary/aromatic N) is 2. The lowest BCUT2D eigenvalue weighted by atomic mass is 9.67. The SMILES string of the molecule is NC(=O)C1C(NC2CCC(C3CSC4C(=O)C=C(N5CCOCC5)OC43)C3CCNC23)NC(N[C@H]2CCCC[C@H]2[NH3+])N2NCNC12. The molecule has 11 unspecified atom stereocenters. The van der Waals surface area contributed by atoms with Gasteiger partial charge in [0.1, 0.15) is 17.6 Å². The standard InChI is InChI=1S/C31H52N10O4S/c32-19-3-1-2-4-20(19)38-31-39-29(24(28(33)43)30-35-15-36-41(30)31)37-21-6-5-16(17-7-8-34-25(17)21)18-14-46-27-22(42)13-23(45-26(18)27)40-9-11-44-12-10-40/h13,16-21,24-27,29-31,34-39H,1-12,14-15,32H2,(H2,33,43)/p+1/t16?,17?,18?,19-,20+,21?,24?,25?,26?,27?,29?,30?,31?/m1/s1. The van der Waals surface area contributed by atoms with Gasteiger partial charge in [-0.15, -0.1) is 11.8 Å². The molecular formula is C31H53N10O4S+. The van der Waals surface area contributed by atoms with Crippen molar-refractivity contribution in [1.29, 1.82) is 0 Å². The minimum Gasteiger partial charge on any atom is -0.474 e. The summed E-state index contributed by atoms with van der Waals surface area (Å²) in [5, 5.41) is 20.9. The monoisotopic (exact) mass is 661 g/mol. The highest BCUT2D eigenvalue weighted by Crippen LogP contribution is 2.49. The van der Waals surface area contributed by atoms with E-state index in [4.69, 9.17) is 15.2 Å². The first kappa shape index (κ1) is 31.7. The zero-order valence-electron chi connectivity index (χ0n) is 26.7. The molecule has 13 atom stereocenters. The molecule has 7 fully saturated rings. The number of allylic oxidation sites excluding steroid dienone is 1. The summed E-state index contributed by atoms with van der Waals surface area (Å²) in [5.74, 6) is 2.44. The maximum Gasteiger partial charge on any atom is 0.226 e. The fourth-order valence-corrected chi connectivity index (χ4v) is 11.4. The third kappa shape index (κ3) is 5.88. The second kappa shape index (κ2) is 13.4. The Morgan fingerprint density at radius 3 is 2.70 bits per heavy atom. The molecule has 1 amide bonds. The summed E-state index contributed by atoms with van der Waals surface area (Å²) in [7, 11) is 0. The van der Waals surface area contributed by atoms with Crippen LogP contribution in [0.4, 0.5) is 0 Å². The summed E-state index contributed by atoms with van der Waals surface area (Å²) in [5.41, 5.74) is 14.0. The minimum atomic E-state index is -0.452. The number of rotatable bonds is 7. The van der Waals surface area contributed by atoms with E-state index in [1.54, 1.807) is 17.8 Å². The zero-order valence-corrected chi connectivity index (χ0v) is 27.5. The molecule has 0 aromatic carbocycles. The van der Waals surface area contributed by atoms with Gasteiger partial charge in [0.05, 0.1) is 50.2 Å². The number of carbonyl (C=O) groups is 2. The van der Waals surface area contributed by atoms with Crippen LogP contribution in [0.2, 0.25) is 0 Å². The summed E-state index contributed by atoms with van der Waals surface area (Å²) in [6, 6.07) is 1.16. The fourth-order valence-electron chi connectivity index (χ4n) is 9.86. The van der Waals surface area contributed by atoms with Crippen molar-refractivity contribution >= 4 is 23.5 Å². The molecule has 11 N–H and O–H groups in total. The topological polar surface area (TPSA) is 185 Å². The van der Waals surface area contributed by atoms with E-state index in [1.807, 2.05) is 0 Å². The molecule has 5 saturated heterocycles. The van der Waals surface area contributed by atoms with Crippen molar-refractivity contribution in [3.63, 3.8) is 0 Å². The Labute approximate surface area is 275 Å². The number of thioether (sulfide) groups is 1. The summed E-state index contributed by atoms with van der Waals surface area (Å²) in [4.78, 5) is 28.4. The van der Waals surface area contributed by atoms with Crippen LogP contribution in [0.1, 0.15) is 44.9 Å². The first-order valence-electron chi connectivity index (χ1n) is 17.7. The van der Waals surface area contributed by atoms with Gasteiger partial charge in [-0.1, -0.05) is 6.42 Å². The predicted octanol–water partition coefficient (Wildman–Crippen LogP) is -2.64. The van der Waals surface area contributed by atoms with Gasteiger partial charge in [0.25, 0.3) is 0 Å². The normalized spacial score (nSPS) is 46.3. The maximum absolute atomic E-state index is 13.3. The molecular weight excluding hydrogens is 608 g/mol. The fraction of sp³-hybridized carbons (Fsp3) is 0.871. The summed E-state index contributed by atoms with van der Waals surface area (Å²) < 4.78 is 12.3. The molecule has 0 spiro atoms. The number of hydrogen-bond acceptors (Lipinski definition) is 13. The number of nitrogens with two attached hydrogens (primary N) is 1. The molecule has 15 heteroatoms. The molecule has 2 saturated carbocycles. The maximum atomic E-state index is 13.3. The van der Waals surface area contributed by atoms with Crippen LogP contribution in [-0.2, 0) is 19.1 Å². The Balaban J connectivity index is 0.969. The Hall–Kier alpha value is -1.53. The van der Waals surface area contributed by atoms with Crippen LogP contribution in [0.5, 0.6) is 0 Å². The van der Waals surface area contributed by atoms with Crippen molar-refractivity contribution in [3.05, 3.63) is 12.0 Å². The van der Waals surface area contributed by atoms with E-state index in [-0.39, 0.29) is 53.7 Å². The van der Waals surface area contributed by atoms with Gasteiger partial charge < -0.3 is 31.2 Å². The van der Waals surface area contributed by atoms with E-state index in [0.29, 0.717) is 49.7 Å². The van der Waals surface area contributed by atoms with Crippen molar-refractivity contribution < 1.29 is 24.8 Å². The minimum absolute atomic E-state index is 0.0780. The van der Waals surface area contributed by atoms with E-state index >= 15 is 0 Å². The highest BCUT2D eigenvalue weighted by atomic mass is 32.2. The largest absolute Gasteiger partial charge is 0.474 e. The zero-order chi connectivity index (χ0) is 31.4. The van der Waals surface area contributed by atoms with Crippen LogP contribution in [0, 0.1) is 23.7 Å². The molecule has 14 nitrogen and oxygen atoms in total. The van der Waals surface area contributed by atoms with Gasteiger partial charge in [-0.25, -0.2) is 5.43 Å². The van der Waals surface area contributed by atoms with Crippen molar-refractivity contribution in [2.24, 2.45) is 29.4 Å². The number of hydrazine groups is 1. The van der Waals surface area contributed by atoms with Crippen LogP contribution in [0.25, 0.3) is 0 Å². The third-order valence-electron chi connectivity index (χ3n) is 12.2. The molecule has 256 valence electrons.